The summed E-state index contributed by atoms with van der Waals surface area (Å²) in [7, 11) is 0. The monoisotopic (exact) mass is 235 g/mol. The van der Waals surface area contributed by atoms with Gasteiger partial charge in [0.1, 0.15) is 10.7 Å². The van der Waals surface area contributed by atoms with Crippen LogP contribution in [0.4, 0.5) is 0 Å². The van der Waals surface area contributed by atoms with E-state index < -0.39 is 0 Å². The van der Waals surface area contributed by atoms with E-state index in [1.54, 1.807) is 17.9 Å². The van der Waals surface area contributed by atoms with E-state index in [0.717, 1.165) is 23.7 Å². The van der Waals surface area contributed by atoms with Crippen LogP contribution in [0.3, 0.4) is 0 Å². The third-order valence-electron chi connectivity index (χ3n) is 2.26. The first-order chi connectivity index (χ1) is 7.72. The van der Waals surface area contributed by atoms with Crippen molar-refractivity contribution in [3.63, 3.8) is 0 Å². The normalized spacial score (nSPS) is 10.6. The molecule has 2 aromatic heterocycles. The summed E-state index contributed by atoms with van der Waals surface area (Å²) >= 11 is 1.48. The molecule has 0 saturated carbocycles. The molecule has 0 aliphatic carbocycles. The predicted molar refractivity (Wildman–Crippen MR) is 63.6 cm³/mol. The van der Waals surface area contributed by atoms with Crippen LogP contribution in [0.1, 0.15) is 30.8 Å². The molecule has 0 aromatic carbocycles. The highest BCUT2D eigenvalue weighted by Gasteiger charge is 2.11. The number of hydrogen-bond donors (Lipinski definition) is 0. The van der Waals surface area contributed by atoms with Crippen LogP contribution in [0.2, 0.25) is 0 Å². The highest BCUT2D eigenvalue weighted by molar-refractivity contribution is 7.13. The lowest BCUT2D eigenvalue weighted by atomic mass is 10.3. The molecule has 0 amide bonds. The van der Waals surface area contributed by atoms with E-state index in [1.165, 1.54) is 18.3 Å². The van der Waals surface area contributed by atoms with Gasteiger partial charge in [-0.15, -0.1) is 11.3 Å². The van der Waals surface area contributed by atoms with Crippen molar-refractivity contribution in [3.8, 4) is 10.7 Å². The highest BCUT2D eigenvalue weighted by atomic mass is 32.1. The van der Waals surface area contributed by atoms with Crippen LogP contribution in [0.5, 0.6) is 0 Å². The van der Waals surface area contributed by atoms with Gasteiger partial charge in [0.15, 0.2) is 5.78 Å². The topological polar surface area (TPSA) is 47.8 Å². The summed E-state index contributed by atoms with van der Waals surface area (Å²) in [5.41, 5.74) is 1.52. The highest BCUT2D eigenvalue weighted by Crippen LogP contribution is 2.23. The smallest absolute Gasteiger partial charge is 0.178 e. The lowest BCUT2D eigenvalue weighted by molar-refractivity contribution is 0.101. The fourth-order valence-electron chi connectivity index (χ4n) is 1.47. The van der Waals surface area contributed by atoms with Crippen molar-refractivity contribution in [2.24, 2.45) is 0 Å². The number of carbonyl (C=O) groups excluding carboxylic acids is 1. The van der Waals surface area contributed by atoms with Crippen molar-refractivity contribution in [2.75, 3.05) is 0 Å². The van der Waals surface area contributed by atoms with Crippen molar-refractivity contribution in [3.05, 3.63) is 23.6 Å². The van der Waals surface area contributed by atoms with E-state index >= 15 is 0 Å². The minimum atomic E-state index is 0.00376. The first kappa shape index (κ1) is 11.0. The van der Waals surface area contributed by atoms with E-state index in [1.807, 2.05) is 0 Å². The minimum Gasteiger partial charge on any atom is -0.329 e. The summed E-state index contributed by atoms with van der Waals surface area (Å²) < 4.78 is 2.06. The van der Waals surface area contributed by atoms with E-state index in [4.69, 9.17) is 0 Å². The summed E-state index contributed by atoms with van der Waals surface area (Å²) in [4.78, 5) is 19.6. The number of thiazole rings is 1. The summed E-state index contributed by atoms with van der Waals surface area (Å²) in [6.07, 6.45) is 4.64. The molecular formula is C11H13N3OS. The van der Waals surface area contributed by atoms with Crippen LogP contribution < -0.4 is 0 Å². The summed E-state index contributed by atoms with van der Waals surface area (Å²) in [6.45, 7) is 4.57. The predicted octanol–water partition coefficient (Wildman–Crippen LogP) is 2.62. The molecular weight excluding hydrogens is 222 g/mol. The molecule has 0 spiro atoms. The molecule has 2 heterocycles. The van der Waals surface area contributed by atoms with Crippen molar-refractivity contribution in [2.45, 2.75) is 26.8 Å². The van der Waals surface area contributed by atoms with Gasteiger partial charge in [0.05, 0.1) is 18.2 Å². The van der Waals surface area contributed by atoms with Crippen molar-refractivity contribution >= 4 is 17.1 Å². The van der Waals surface area contributed by atoms with Crippen molar-refractivity contribution in [1.82, 2.24) is 14.5 Å². The van der Waals surface area contributed by atoms with Gasteiger partial charge in [0.2, 0.25) is 0 Å². The van der Waals surface area contributed by atoms with E-state index in [-0.39, 0.29) is 5.78 Å². The molecule has 2 rings (SSSR count). The fraction of sp³-hybridized carbons (Fsp3) is 0.364. The quantitative estimate of drug-likeness (QED) is 0.765. The van der Waals surface area contributed by atoms with Gasteiger partial charge in [0, 0.05) is 18.8 Å². The Balaban J connectivity index is 2.34. The minimum absolute atomic E-state index is 0.00376. The number of nitrogens with zero attached hydrogens (tertiary/aromatic N) is 3. The maximum Gasteiger partial charge on any atom is 0.178 e. The largest absolute Gasteiger partial charge is 0.329 e. The molecule has 0 N–H and O–H groups in total. The molecule has 84 valence electrons. The Labute approximate surface area is 98.0 Å². The second-order valence-electron chi connectivity index (χ2n) is 3.57. The molecule has 0 fully saturated rings. The third kappa shape index (κ3) is 2.04. The third-order valence-corrected chi connectivity index (χ3v) is 3.13. The number of aromatic nitrogens is 3. The number of hydrogen-bond acceptors (Lipinski definition) is 4. The molecule has 0 aliphatic heterocycles. The van der Waals surface area contributed by atoms with E-state index in [0.29, 0.717) is 5.69 Å². The Bertz CT molecular complexity index is 501. The maximum absolute atomic E-state index is 11.2. The molecule has 5 heteroatoms. The Morgan fingerprint density at radius 2 is 2.38 bits per heavy atom. The standard InChI is InChI=1S/C11H13N3OS/c1-3-4-14-7-12-5-10(14)11-13-9(6-16-11)8(2)15/h5-7H,3-4H2,1-2H3. The molecule has 0 bridgehead atoms. The fourth-order valence-corrected chi connectivity index (χ4v) is 2.35. The van der Waals surface area contributed by atoms with Crippen LogP contribution in [0.25, 0.3) is 10.7 Å². The summed E-state index contributed by atoms with van der Waals surface area (Å²) in [5, 5.41) is 2.65. The van der Waals surface area contributed by atoms with Gasteiger partial charge in [-0.1, -0.05) is 6.92 Å². The van der Waals surface area contributed by atoms with Gasteiger partial charge in [0.25, 0.3) is 0 Å². The lowest BCUT2D eigenvalue weighted by Crippen LogP contribution is -1.97. The lowest BCUT2D eigenvalue weighted by Gasteiger charge is -2.02. The molecule has 0 aliphatic rings. The molecule has 0 atom stereocenters. The van der Waals surface area contributed by atoms with Crippen molar-refractivity contribution in [1.29, 1.82) is 0 Å². The van der Waals surface area contributed by atoms with Gasteiger partial charge in [-0.25, -0.2) is 9.97 Å². The Morgan fingerprint density at radius 1 is 1.56 bits per heavy atom. The van der Waals surface area contributed by atoms with Gasteiger partial charge >= 0.3 is 0 Å². The molecule has 16 heavy (non-hydrogen) atoms. The number of aryl methyl sites for hydroxylation is 1. The van der Waals surface area contributed by atoms with Gasteiger partial charge in [-0.2, -0.15) is 0 Å². The van der Waals surface area contributed by atoms with Crippen LogP contribution in [0, 0.1) is 0 Å². The molecule has 0 saturated heterocycles. The van der Waals surface area contributed by atoms with Crippen LogP contribution in [-0.4, -0.2) is 20.3 Å². The molecule has 0 unspecified atom stereocenters. The van der Waals surface area contributed by atoms with Crippen molar-refractivity contribution < 1.29 is 4.79 Å². The SMILES string of the molecule is CCCn1cncc1-c1nc(C(C)=O)cs1. The number of rotatable bonds is 4. The number of Topliss-reactive ketones (excluding diaryl/α,β-unsaturated/α-hetero) is 1. The number of imidazole rings is 1. The number of ketones is 1. The second kappa shape index (κ2) is 4.57. The molecule has 4 nitrogen and oxygen atoms in total. The Morgan fingerprint density at radius 3 is 3.00 bits per heavy atom. The average molecular weight is 235 g/mol. The zero-order valence-electron chi connectivity index (χ0n) is 9.30. The zero-order chi connectivity index (χ0) is 11.5. The first-order valence-corrected chi connectivity index (χ1v) is 6.07. The zero-order valence-corrected chi connectivity index (χ0v) is 10.1. The molecule has 0 radical (unpaired) electrons. The Kier molecular flexibility index (Phi) is 3.14. The number of carbonyl (C=O) groups is 1. The van der Waals surface area contributed by atoms with Gasteiger partial charge < -0.3 is 4.57 Å². The first-order valence-electron chi connectivity index (χ1n) is 5.19. The van der Waals surface area contributed by atoms with Crippen LogP contribution in [-0.2, 0) is 6.54 Å². The van der Waals surface area contributed by atoms with Gasteiger partial charge in [-0.3, -0.25) is 4.79 Å². The molecule has 2 aromatic rings. The van der Waals surface area contributed by atoms with Gasteiger partial charge in [-0.05, 0) is 6.42 Å². The Hall–Kier alpha value is -1.49. The van der Waals surface area contributed by atoms with Crippen LogP contribution >= 0.6 is 11.3 Å². The average Bonchev–Trinajstić information content (AvgIpc) is 2.84. The van der Waals surface area contributed by atoms with E-state index in [2.05, 4.69) is 21.5 Å². The summed E-state index contributed by atoms with van der Waals surface area (Å²) in [6, 6.07) is 0. The van der Waals surface area contributed by atoms with E-state index in [9.17, 15) is 4.79 Å². The van der Waals surface area contributed by atoms with Crippen LogP contribution in [0.15, 0.2) is 17.9 Å². The summed E-state index contributed by atoms with van der Waals surface area (Å²) in [5.74, 6) is 0.00376. The second-order valence-corrected chi connectivity index (χ2v) is 4.42. The maximum atomic E-state index is 11.2.